The van der Waals surface area contributed by atoms with Crippen LogP contribution in [0.25, 0.3) is 0 Å². The smallest absolute Gasteiger partial charge is 0.491 e. The summed E-state index contributed by atoms with van der Waals surface area (Å²) < 4.78 is 44.5. The number of hydrogen-bond donors (Lipinski definition) is 2. The van der Waals surface area contributed by atoms with Crippen LogP contribution in [0.15, 0.2) is 48.5 Å². The second-order valence-corrected chi connectivity index (χ2v) is 12.2. The zero-order valence-corrected chi connectivity index (χ0v) is 25.1. The fraction of sp³-hybridized carbons (Fsp3) is 0.357. The quantitative estimate of drug-likeness (QED) is 0.263. The van der Waals surface area contributed by atoms with Gasteiger partial charge in [-0.25, -0.2) is 0 Å². The summed E-state index contributed by atoms with van der Waals surface area (Å²) in [5, 5.41) is 20.9. The molecule has 0 saturated heterocycles. The topological polar surface area (TPSA) is 112 Å². The first-order chi connectivity index (χ1) is 18.8. The fourth-order valence-corrected chi connectivity index (χ4v) is 5.71. The standard InChI is InChI=1S/C28H29Cl3O8S/c1-16-4-9-25-26(39-40(34,35)38-25)22(16)12-19(32)14-36-21-7-5-17(6-8-21)28(2,3)18-10-23(30)27(24(31)11-18)37-15-20(33)13-29/h4-11,19-20,32-33H,12-15H2,1-3H3/t19-,20+/m0/s1. The number of aliphatic hydroxyl groups excluding tert-OH is 2. The lowest BCUT2D eigenvalue weighted by molar-refractivity contribution is 0.107. The van der Waals surface area contributed by atoms with Gasteiger partial charge in [-0.3, -0.25) is 0 Å². The average molecular weight is 632 g/mol. The number of fused-ring (bicyclic) bond motifs is 1. The van der Waals surface area contributed by atoms with E-state index in [1.54, 1.807) is 37.3 Å². The highest BCUT2D eigenvalue weighted by molar-refractivity contribution is 7.82. The zero-order chi connectivity index (χ0) is 29.2. The van der Waals surface area contributed by atoms with Crippen molar-refractivity contribution < 1.29 is 36.5 Å². The second-order valence-electron chi connectivity index (χ2n) is 9.97. The van der Waals surface area contributed by atoms with E-state index in [1.807, 2.05) is 26.0 Å². The molecule has 1 aliphatic heterocycles. The van der Waals surface area contributed by atoms with Crippen LogP contribution in [0.4, 0.5) is 0 Å². The molecule has 3 aromatic rings. The number of aryl methyl sites for hydroxylation is 1. The Labute approximate surface area is 248 Å². The third-order valence-electron chi connectivity index (χ3n) is 6.61. The van der Waals surface area contributed by atoms with Crippen LogP contribution < -0.4 is 17.8 Å². The van der Waals surface area contributed by atoms with Crippen molar-refractivity contribution >= 4 is 45.2 Å². The maximum atomic E-state index is 11.7. The van der Waals surface area contributed by atoms with E-state index in [1.165, 1.54) is 6.07 Å². The monoisotopic (exact) mass is 630 g/mol. The van der Waals surface area contributed by atoms with Gasteiger partial charge in [0, 0.05) is 17.4 Å². The predicted octanol–water partition coefficient (Wildman–Crippen LogP) is 5.60. The van der Waals surface area contributed by atoms with E-state index in [0.717, 1.165) is 16.7 Å². The molecule has 0 amide bonds. The normalized spacial score (nSPS) is 15.5. The van der Waals surface area contributed by atoms with Crippen molar-refractivity contribution in [3.8, 4) is 23.0 Å². The Kier molecular flexibility index (Phi) is 9.34. The minimum atomic E-state index is -4.13. The van der Waals surface area contributed by atoms with Gasteiger partial charge in [-0.15, -0.1) is 20.0 Å². The van der Waals surface area contributed by atoms with Crippen LogP contribution in [0.1, 0.15) is 36.1 Å². The summed E-state index contributed by atoms with van der Waals surface area (Å²) in [4.78, 5) is 0. The molecular formula is C28H29Cl3O8S. The summed E-state index contributed by atoms with van der Waals surface area (Å²) in [5.41, 5.74) is 2.64. The van der Waals surface area contributed by atoms with E-state index >= 15 is 0 Å². The van der Waals surface area contributed by atoms with Crippen LogP contribution in [-0.4, -0.2) is 49.9 Å². The molecule has 0 bridgehead atoms. The molecule has 8 nitrogen and oxygen atoms in total. The van der Waals surface area contributed by atoms with Gasteiger partial charge in [0.1, 0.15) is 25.1 Å². The van der Waals surface area contributed by atoms with Crippen molar-refractivity contribution in [2.45, 2.75) is 44.8 Å². The molecule has 4 rings (SSSR count). The maximum absolute atomic E-state index is 11.7. The molecule has 1 heterocycles. The molecule has 216 valence electrons. The van der Waals surface area contributed by atoms with Gasteiger partial charge < -0.3 is 28.1 Å². The summed E-state index contributed by atoms with van der Waals surface area (Å²) in [6.07, 6.45) is -1.65. The van der Waals surface area contributed by atoms with Crippen LogP contribution in [-0.2, 0) is 22.2 Å². The van der Waals surface area contributed by atoms with Gasteiger partial charge in [0.2, 0.25) is 0 Å². The van der Waals surface area contributed by atoms with Crippen molar-refractivity contribution in [1.82, 2.24) is 0 Å². The highest BCUT2D eigenvalue weighted by Gasteiger charge is 2.32. The summed E-state index contributed by atoms with van der Waals surface area (Å²) in [7, 11) is -4.13. The summed E-state index contributed by atoms with van der Waals surface area (Å²) in [6, 6.07) is 14.2. The van der Waals surface area contributed by atoms with Gasteiger partial charge in [0.05, 0.1) is 22.0 Å². The first-order valence-electron chi connectivity index (χ1n) is 12.3. The predicted molar refractivity (Wildman–Crippen MR) is 154 cm³/mol. The second kappa shape index (κ2) is 12.2. The van der Waals surface area contributed by atoms with Crippen molar-refractivity contribution in [2.24, 2.45) is 0 Å². The van der Waals surface area contributed by atoms with Crippen LogP contribution in [0.5, 0.6) is 23.0 Å². The Bertz CT molecular complexity index is 1450. The molecule has 2 N–H and O–H groups in total. The van der Waals surface area contributed by atoms with Crippen molar-refractivity contribution in [1.29, 1.82) is 0 Å². The van der Waals surface area contributed by atoms with E-state index in [2.05, 4.69) is 0 Å². The molecule has 3 aromatic carbocycles. The molecule has 0 aromatic heterocycles. The van der Waals surface area contributed by atoms with E-state index in [0.29, 0.717) is 21.4 Å². The number of halogens is 3. The Hall–Kier alpha value is -2.40. The number of ether oxygens (including phenoxy) is 2. The maximum Gasteiger partial charge on any atom is 0.501 e. The van der Waals surface area contributed by atoms with Gasteiger partial charge in [0.15, 0.2) is 17.2 Å². The zero-order valence-electron chi connectivity index (χ0n) is 22.0. The molecule has 2 atom stereocenters. The molecule has 0 radical (unpaired) electrons. The van der Waals surface area contributed by atoms with Crippen molar-refractivity contribution in [3.05, 3.63) is 80.8 Å². The number of aliphatic hydroxyl groups is 2. The molecule has 0 saturated carbocycles. The Morgan fingerprint density at radius 2 is 1.52 bits per heavy atom. The molecule has 0 aliphatic carbocycles. The fourth-order valence-electron chi connectivity index (χ4n) is 4.25. The van der Waals surface area contributed by atoms with Crippen LogP contribution in [0, 0.1) is 6.92 Å². The highest BCUT2D eigenvalue weighted by atomic mass is 35.5. The highest BCUT2D eigenvalue weighted by Crippen LogP contribution is 2.42. The van der Waals surface area contributed by atoms with Gasteiger partial charge in [-0.1, -0.05) is 55.2 Å². The van der Waals surface area contributed by atoms with Crippen LogP contribution in [0.3, 0.4) is 0 Å². The minimum absolute atomic E-state index is 0.0233. The molecule has 1 aliphatic rings. The molecule has 0 fully saturated rings. The Morgan fingerprint density at radius 1 is 0.900 bits per heavy atom. The third kappa shape index (κ3) is 6.90. The van der Waals surface area contributed by atoms with E-state index in [9.17, 15) is 18.6 Å². The van der Waals surface area contributed by atoms with Crippen molar-refractivity contribution in [2.75, 3.05) is 19.1 Å². The average Bonchev–Trinajstić information content (AvgIpc) is 3.23. The van der Waals surface area contributed by atoms with Gasteiger partial charge >= 0.3 is 10.4 Å². The largest absolute Gasteiger partial charge is 0.501 e. The molecule has 0 spiro atoms. The van der Waals surface area contributed by atoms with E-state index < -0.39 is 28.0 Å². The number of benzene rings is 3. The van der Waals surface area contributed by atoms with Crippen LogP contribution >= 0.6 is 34.8 Å². The Balaban J connectivity index is 1.41. The van der Waals surface area contributed by atoms with Gasteiger partial charge in [-0.2, -0.15) is 0 Å². The first-order valence-corrected chi connectivity index (χ1v) is 15.0. The third-order valence-corrected chi connectivity index (χ3v) is 8.28. The lowest BCUT2D eigenvalue weighted by Gasteiger charge is -2.27. The van der Waals surface area contributed by atoms with Gasteiger partial charge in [-0.05, 0) is 53.9 Å². The molecular weight excluding hydrogens is 603 g/mol. The lowest BCUT2D eigenvalue weighted by Crippen LogP contribution is -2.21. The van der Waals surface area contributed by atoms with Gasteiger partial charge in [0.25, 0.3) is 0 Å². The molecule has 12 heteroatoms. The van der Waals surface area contributed by atoms with E-state index in [4.69, 9.17) is 52.6 Å². The molecule has 40 heavy (non-hydrogen) atoms. The van der Waals surface area contributed by atoms with Crippen LogP contribution in [0.2, 0.25) is 10.0 Å². The SMILES string of the molecule is Cc1ccc2c(c1C[C@H](O)COc1ccc(C(C)(C)c3cc(Cl)c(OC[C@H](O)CCl)c(Cl)c3)cc1)OS(=O)(=O)O2. The lowest BCUT2D eigenvalue weighted by atomic mass is 9.78. The number of rotatable bonds is 11. The summed E-state index contributed by atoms with van der Waals surface area (Å²) in [5.74, 6) is 1.06. The first kappa shape index (κ1) is 30.6. The van der Waals surface area contributed by atoms with E-state index in [-0.39, 0.29) is 42.8 Å². The summed E-state index contributed by atoms with van der Waals surface area (Å²) >= 11 is 18.5. The Morgan fingerprint density at radius 3 is 2.15 bits per heavy atom. The van der Waals surface area contributed by atoms with Crippen molar-refractivity contribution in [3.63, 3.8) is 0 Å². The minimum Gasteiger partial charge on any atom is -0.491 e. The number of alkyl halides is 1. The summed E-state index contributed by atoms with van der Waals surface area (Å²) in [6.45, 7) is 5.80. The number of hydrogen-bond acceptors (Lipinski definition) is 8. The molecule has 0 unspecified atom stereocenters.